The largest absolute Gasteiger partial charge is 0.309 e. The fourth-order valence-corrected chi connectivity index (χ4v) is 1.63. The molecule has 10 heavy (non-hydrogen) atoms. The van der Waals surface area contributed by atoms with Gasteiger partial charge in [-0.1, -0.05) is 0 Å². The van der Waals surface area contributed by atoms with Crippen molar-refractivity contribution in [2.75, 3.05) is 11.8 Å². The van der Waals surface area contributed by atoms with Crippen molar-refractivity contribution in [1.82, 2.24) is 5.32 Å². The van der Waals surface area contributed by atoms with Crippen molar-refractivity contribution in [3.63, 3.8) is 0 Å². The number of alkyl halides is 2. The van der Waals surface area contributed by atoms with Gasteiger partial charge in [0.1, 0.15) is 0 Å². The summed E-state index contributed by atoms with van der Waals surface area (Å²) in [5.74, 6) is 1.43. The maximum atomic E-state index is 5.62. The molecule has 1 rings (SSSR count). The van der Waals surface area contributed by atoms with Gasteiger partial charge in [-0.15, -0.1) is 35.6 Å². The molecule has 2 unspecified atom stereocenters. The van der Waals surface area contributed by atoms with Crippen LogP contribution in [-0.4, -0.2) is 23.8 Å². The highest BCUT2D eigenvalue weighted by molar-refractivity contribution is 6.18. The molecule has 0 aromatic heterocycles. The standard InChI is InChI=1S/C6H11Cl2N.ClH/c7-3-5-1-2-6(4-8)9-5;/h5-6,9H,1-4H2;1H. The van der Waals surface area contributed by atoms with Crippen LogP contribution in [0, 0.1) is 0 Å². The lowest BCUT2D eigenvalue weighted by Crippen LogP contribution is -2.31. The summed E-state index contributed by atoms with van der Waals surface area (Å²) in [6.45, 7) is 0. The third-order valence-electron chi connectivity index (χ3n) is 1.71. The molecule has 1 saturated heterocycles. The Bertz CT molecular complexity index is 79.1. The second-order valence-corrected chi connectivity index (χ2v) is 3.06. The molecule has 62 valence electrons. The van der Waals surface area contributed by atoms with E-state index in [9.17, 15) is 0 Å². The fourth-order valence-electron chi connectivity index (χ4n) is 1.15. The Morgan fingerprint density at radius 2 is 1.50 bits per heavy atom. The molecule has 1 N–H and O–H groups in total. The van der Waals surface area contributed by atoms with E-state index in [1.807, 2.05) is 0 Å². The van der Waals surface area contributed by atoms with Crippen LogP contribution in [0.5, 0.6) is 0 Å². The molecule has 0 aromatic carbocycles. The van der Waals surface area contributed by atoms with E-state index in [2.05, 4.69) is 5.32 Å². The first kappa shape index (κ1) is 10.8. The molecule has 0 aromatic rings. The summed E-state index contributed by atoms with van der Waals surface area (Å²) < 4.78 is 0. The van der Waals surface area contributed by atoms with Gasteiger partial charge in [-0.2, -0.15) is 0 Å². The van der Waals surface area contributed by atoms with Crippen LogP contribution in [0.3, 0.4) is 0 Å². The first-order chi connectivity index (χ1) is 4.36. The van der Waals surface area contributed by atoms with E-state index in [4.69, 9.17) is 23.2 Å². The van der Waals surface area contributed by atoms with E-state index in [0.29, 0.717) is 23.8 Å². The summed E-state index contributed by atoms with van der Waals surface area (Å²) in [4.78, 5) is 0. The van der Waals surface area contributed by atoms with Crippen LogP contribution in [0.1, 0.15) is 12.8 Å². The van der Waals surface area contributed by atoms with Crippen molar-refractivity contribution in [1.29, 1.82) is 0 Å². The highest BCUT2D eigenvalue weighted by Gasteiger charge is 2.21. The van der Waals surface area contributed by atoms with Crippen molar-refractivity contribution in [3.8, 4) is 0 Å². The molecule has 1 heterocycles. The third kappa shape index (κ3) is 2.83. The van der Waals surface area contributed by atoms with Gasteiger partial charge in [0.05, 0.1) is 0 Å². The Balaban J connectivity index is 0.000000810. The van der Waals surface area contributed by atoms with Crippen molar-refractivity contribution in [3.05, 3.63) is 0 Å². The van der Waals surface area contributed by atoms with Crippen LogP contribution in [0.4, 0.5) is 0 Å². The molecule has 0 bridgehead atoms. The first-order valence-corrected chi connectivity index (χ1v) is 4.31. The van der Waals surface area contributed by atoms with Gasteiger partial charge < -0.3 is 5.32 Å². The normalized spacial score (nSPS) is 31.8. The molecule has 0 aliphatic carbocycles. The first-order valence-electron chi connectivity index (χ1n) is 3.24. The van der Waals surface area contributed by atoms with E-state index in [0.717, 1.165) is 0 Å². The molecule has 0 radical (unpaired) electrons. The Labute approximate surface area is 77.9 Å². The van der Waals surface area contributed by atoms with Crippen LogP contribution in [0.2, 0.25) is 0 Å². The zero-order chi connectivity index (χ0) is 6.69. The van der Waals surface area contributed by atoms with Gasteiger partial charge in [0.15, 0.2) is 0 Å². The zero-order valence-electron chi connectivity index (χ0n) is 5.65. The minimum Gasteiger partial charge on any atom is -0.309 e. The summed E-state index contributed by atoms with van der Waals surface area (Å²) in [5.41, 5.74) is 0. The Kier molecular flexibility index (Phi) is 5.93. The molecule has 0 spiro atoms. The van der Waals surface area contributed by atoms with Gasteiger partial charge in [-0.3, -0.25) is 0 Å². The summed E-state index contributed by atoms with van der Waals surface area (Å²) in [7, 11) is 0. The van der Waals surface area contributed by atoms with Gasteiger partial charge in [-0.05, 0) is 12.8 Å². The van der Waals surface area contributed by atoms with Gasteiger partial charge in [-0.25, -0.2) is 0 Å². The average Bonchev–Trinajstić information content (AvgIpc) is 2.34. The number of rotatable bonds is 2. The Hall–Kier alpha value is 0.830. The SMILES string of the molecule is Cl.ClCC1CCC(CCl)N1. The van der Waals surface area contributed by atoms with Gasteiger partial charge in [0, 0.05) is 23.8 Å². The lowest BCUT2D eigenvalue weighted by molar-refractivity contribution is 0.604. The average molecular weight is 205 g/mol. The highest BCUT2D eigenvalue weighted by Crippen LogP contribution is 2.13. The molecular weight excluding hydrogens is 192 g/mol. The van der Waals surface area contributed by atoms with Crippen LogP contribution in [-0.2, 0) is 0 Å². The molecule has 0 saturated carbocycles. The van der Waals surface area contributed by atoms with Crippen molar-refractivity contribution in [2.45, 2.75) is 24.9 Å². The lowest BCUT2D eigenvalue weighted by Gasteiger charge is -2.07. The second kappa shape index (κ2) is 5.48. The molecule has 1 aliphatic heterocycles. The van der Waals surface area contributed by atoms with Crippen LogP contribution < -0.4 is 5.32 Å². The number of halogens is 3. The number of hydrogen-bond donors (Lipinski definition) is 1. The molecule has 4 heteroatoms. The van der Waals surface area contributed by atoms with Crippen LogP contribution in [0.15, 0.2) is 0 Å². The molecular formula is C6H12Cl3N. The second-order valence-electron chi connectivity index (χ2n) is 2.45. The summed E-state index contributed by atoms with van der Waals surface area (Å²) in [6.07, 6.45) is 2.36. The Morgan fingerprint density at radius 1 is 1.10 bits per heavy atom. The number of hydrogen-bond acceptors (Lipinski definition) is 1. The molecule has 1 fully saturated rings. The van der Waals surface area contributed by atoms with Crippen LogP contribution in [0.25, 0.3) is 0 Å². The topological polar surface area (TPSA) is 12.0 Å². The minimum atomic E-state index is 0. The minimum absolute atomic E-state index is 0. The smallest absolute Gasteiger partial charge is 0.0377 e. The summed E-state index contributed by atoms with van der Waals surface area (Å²) in [6, 6.07) is 1.02. The van der Waals surface area contributed by atoms with E-state index in [1.165, 1.54) is 12.8 Å². The van der Waals surface area contributed by atoms with Crippen LogP contribution >= 0.6 is 35.6 Å². The predicted molar refractivity (Wildman–Crippen MR) is 48.6 cm³/mol. The van der Waals surface area contributed by atoms with E-state index >= 15 is 0 Å². The van der Waals surface area contributed by atoms with Gasteiger partial charge in [0.2, 0.25) is 0 Å². The Morgan fingerprint density at radius 3 is 1.70 bits per heavy atom. The quantitative estimate of drug-likeness (QED) is 0.679. The summed E-state index contributed by atoms with van der Waals surface area (Å²) >= 11 is 11.2. The zero-order valence-corrected chi connectivity index (χ0v) is 7.98. The van der Waals surface area contributed by atoms with E-state index in [1.54, 1.807) is 0 Å². The molecule has 2 atom stereocenters. The molecule has 1 nitrogen and oxygen atoms in total. The maximum absolute atomic E-state index is 5.62. The molecule has 1 aliphatic rings. The summed E-state index contributed by atoms with van der Waals surface area (Å²) in [5, 5.41) is 3.33. The van der Waals surface area contributed by atoms with E-state index in [-0.39, 0.29) is 12.4 Å². The maximum Gasteiger partial charge on any atom is 0.0377 e. The fraction of sp³-hybridized carbons (Fsp3) is 1.00. The van der Waals surface area contributed by atoms with Crippen molar-refractivity contribution >= 4 is 35.6 Å². The van der Waals surface area contributed by atoms with Crippen molar-refractivity contribution in [2.24, 2.45) is 0 Å². The monoisotopic (exact) mass is 203 g/mol. The van der Waals surface area contributed by atoms with Gasteiger partial charge in [0.25, 0.3) is 0 Å². The number of nitrogens with one attached hydrogen (secondary N) is 1. The highest BCUT2D eigenvalue weighted by atomic mass is 35.5. The molecule has 0 amide bonds. The lowest BCUT2D eigenvalue weighted by atomic mass is 10.2. The van der Waals surface area contributed by atoms with Gasteiger partial charge >= 0.3 is 0 Å². The predicted octanol–water partition coefficient (Wildman–Crippen LogP) is 2.01. The third-order valence-corrected chi connectivity index (χ3v) is 2.45. The van der Waals surface area contributed by atoms with E-state index < -0.39 is 0 Å². The van der Waals surface area contributed by atoms with Crippen molar-refractivity contribution < 1.29 is 0 Å².